The summed E-state index contributed by atoms with van der Waals surface area (Å²) >= 11 is -2.59. The molecule has 2 aliphatic rings. The molecule has 0 bridgehead atoms. The third-order valence-corrected chi connectivity index (χ3v) is 8.14. The second-order valence-electron chi connectivity index (χ2n) is 3.90. The first kappa shape index (κ1) is 12.3. The van der Waals surface area contributed by atoms with Crippen molar-refractivity contribution in [1.82, 2.24) is 0 Å². The van der Waals surface area contributed by atoms with E-state index in [1.165, 1.54) is 0 Å². The molecule has 0 saturated heterocycles. The van der Waals surface area contributed by atoms with E-state index in [1.54, 1.807) is 13.8 Å². The Hall–Kier alpha value is -1.18. The number of carbonyl (C=O) groups excluding carboxylic acids is 2. The van der Waals surface area contributed by atoms with Gasteiger partial charge >= 0.3 is 104 Å². The summed E-state index contributed by atoms with van der Waals surface area (Å²) < 4.78 is 2.17. The second kappa shape index (κ2) is 4.59. The van der Waals surface area contributed by atoms with Crippen LogP contribution in [0.25, 0.3) is 0 Å². The van der Waals surface area contributed by atoms with Crippen molar-refractivity contribution in [2.75, 3.05) is 0 Å². The Bertz CT molecular complexity index is 446. The van der Waals surface area contributed by atoms with Crippen molar-refractivity contribution in [3.63, 3.8) is 0 Å². The fourth-order valence-corrected chi connectivity index (χ4v) is 6.89. The molecule has 0 aromatic heterocycles. The van der Waals surface area contributed by atoms with Crippen LogP contribution < -0.4 is 0 Å². The summed E-state index contributed by atoms with van der Waals surface area (Å²) in [4.78, 5) is 24.4. The molecular weight excluding hydrogens is 256 g/mol. The molecule has 0 heterocycles. The zero-order chi connectivity index (χ0) is 12.5. The van der Waals surface area contributed by atoms with Gasteiger partial charge in [-0.1, -0.05) is 0 Å². The van der Waals surface area contributed by atoms with Crippen LogP contribution in [-0.2, 0) is 22.4 Å². The van der Waals surface area contributed by atoms with Gasteiger partial charge in [0.2, 0.25) is 0 Å². The Morgan fingerprint density at radius 2 is 1.35 bits per heavy atom. The van der Waals surface area contributed by atoms with Crippen LogP contribution in [0, 0.1) is 0 Å². The van der Waals surface area contributed by atoms with Gasteiger partial charge in [0.05, 0.1) is 0 Å². The number of carbonyl (C=O) groups is 2. The van der Waals surface area contributed by atoms with Crippen LogP contribution in [0.3, 0.4) is 0 Å². The van der Waals surface area contributed by atoms with Gasteiger partial charge in [-0.2, -0.15) is 0 Å². The molecule has 0 aromatic rings. The Morgan fingerprint density at radius 1 is 0.941 bits per heavy atom. The number of allylic oxidation sites excluding steroid dienone is 8. The molecule has 0 N–H and O–H groups in total. The molecule has 2 aliphatic carbocycles. The van der Waals surface area contributed by atoms with E-state index < -0.39 is 12.8 Å². The summed E-state index contributed by atoms with van der Waals surface area (Å²) in [5, 5.41) is 0. The molecule has 0 spiro atoms. The summed E-state index contributed by atoms with van der Waals surface area (Å²) in [6, 6.07) is 0. The molecule has 0 radical (unpaired) electrons. The van der Waals surface area contributed by atoms with Gasteiger partial charge in [0, 0.05) is 0 Å². The van der Waals surface area contributed by atoms with E-state index in [1.807, 2.05) is 36.5 Å². The van der Waals surface area contributed by atoms with Crippen LogP contribution >= 0.6 is 0 Å². The van der Waals surface area contributed by atoms with Gasteiger partial charge in [0.25, 0.3) is 0 Å². The average Bonchev–Trinajstić information content (AvgIpc) is 2.88. The van der Waals surface area contributed by atoms with Gasteiger partial charge in [-0.15, -0.1) is 0 Å². The van der Waals surface area contributed by atoms with Crippen molar-refractivity contribution in [3.8, 4) is 0 Å². The molecular formula is C14H16FeO2. The zero-order valence-electron chi connectivity index (χ0n) is 10.0. The van der Waals surface area contributed by atoms with Crippen molar-refractivity contribution in [2.24, 2.45) is 0 Å². The Balaban J connectivity index is 2.54. The maximum atomic E-state index is 12.2. The molecule has 2 rings (SSSR count). The molecule has 0 aromatic carbocycles. The van der Waals surface area contributed by atoms with Crippen LogP contribution in [0.4, 0.5) is 0 Å². The van der Waals surface area contributed by atoms with Crippen LogP contribution in [-0.4, -0.2) is 9.36 Å². The predicted molar refractivity (Wildman–Crippen MR) is 65.0 cm³/mol. The normalized spacial score (nSPS) is 19.2. The van der Waals surface area contributed by atoms with E-state index in [0.29, 0.717) is 0 Å². The number of rotatable bonds is 4. The minimum absolute atomic E-state index is 0.0508. The molecule has 92 valence electrons. The third kappa shape index (κ3) is 1.80. The molecule has 0 aliphatic heterocycles. The first-order valence-corrected chi connectivity index (χ1v) is 7.76. The zero-order valence-corrected chi connectivity index (χ0v) is 11.2. The fourth-order valence-electron chi connectivity index (χ4n) is 2.19. The number of hydrogen-bond acceptors (Lipinski definition) is 2. The Kier molecular flexibility index (Phi) is 3.32. The fraction of sp³-hybridized carbons (Fsp3) is 0.286. The topological polar surface area (TPSA) is 34.1 Å². The Labute approximate surface area is 104 Å². The quantitative estimate of drug-likeness (QED) is 0.737. The third-order valence-electron chi connectivity index (χ3n) is 2.86. The van der Waals surface area contributed by atoms with E-state index >= 15 is 0 Å². The van der Waals surface area contributed by atoms with Crippen molar-refractivity contribution >= 4 is 9.36 Å². The molecule has 0 saturated carbocycles. The van der Waals surface area contributed by atoms with Crippen LogP contribution in [0.1, 0.15) is 26.7 Å². The van der Waals surface area contributed by atoms with Crippen LogP contribution in [0.2, 0.25) is 0 Å². The number of hydrogen-bond donors (Lipinski definition) is 0. The summed E-state index contributed by atoms with van der Waals surface area (Å²) in [5.74, 6) is 0. The SMILES string of the molecule is C[C](=O)[Fe]([C](C)=O)([C]1=CC=CC1)[C]1=CC=CC1. The van der Waals surface area contributed by atoms with Gasteiger partial charge in [0.1, 0.15) is 0 Å². The van der Waals surface area contributed by atoms with Crippen molar-refractivity contribution in [1.29, 1.82) is 0 Å². The summed E-state index contributed by atoms with van der Waals surface area (Å²) in [6.07, 6.45) is 13.3. The van der Waals surface area contributed by atoms with E-state index in [0.717, 1.165) is 21.8 Å². The van der Waals surface area contributed by atoms with Crippen LogP contribution in [0.5, 0.6) is 0 Å². The van der Waals surface area contributed by atoms with E-state index in [-0.39, 0.29) is 9.36 Å². The van der Waals surface area contributed by atoms with Crippen LogP contribution in [0.15, 0.2) is 45.4 Å². The van der Waals surface area contributed by atoms with Gasteiger partial charge in [0.15, 0.2) is 0 Å². The van der Waals surface area contributed by atoms with E-state index in [9.17, 15) is 9.59 Å². The van der Waals surface area contributed by atoms with E-state index in [4.69, 9.17) is 0 Å². The summed E-state index contributed by atoms with van der Waals surface area (Å²) in [7, 11) is 0. The van der Waals surface area contributed by atoms with Gasteiger partial charge < -0.3 is 0 Å². The molecule has 0 atom stereocenters. The van der Waals surface area contributed by atoms with Crippen molar-refractivity contribution in [2.45, 2.75) is 26.7 Å². The minimum atomic E-state index is -2.59. The van der Waals surface area contributed by atoms with Crippen molar-refractivity contribution in [3.05, 3.63) is 45.4 Å². The molecule has 2 nitrogen and oxygen atoms in total. The molecule has 0 amide bonds. The molecule has 0 fully saturated rings. The first-order chi connectivity index (χ1) is 8.10. The van der Waals surface area contributed by atoms with Crippen molar-refractivity contribution < 1.29 is 22.4 Å². The standard InChI is InChI=1S/2C5H5.2C2H3O.Fe/c2*1-2-4-5-3-1;2*1-2-3;/h2*1-3H,4H2;2*1H3;. The van der Waals surface area contributed by atoms with Gasteiger partial charge in [-0.3, -0.25) is 0 Å². The summed E-state index contributed by atoms with van der Waals surface area (Å²) in [5.41, 5.74) is 0. The molecule has 3 heteroatoms. The van der Waals surface area contributed by atoms with E-state index in [2.05, 4.69) is 0 Å². The molecule has 0 unspecified atom stereocenters. The predicted octanol–water partition coefficient (Wildman–Crippen LogP) is 2.92. The average molecular weight is 272 g/mol. The second-order valence-corrected chi connectivity index (χ2v) is 8.53. The first-order valence-electron chi connectivity index (χ1n) is 5.55. The molecule has 17 heavy (non-hydrogen) atoms. The van der Waals surface area contributed by atoms with Gasteiger partial charge in [-0.05, 0) is 0 Å². The summed E-state index contributed by atoms with van der Waals surface area (Å²) in [6.45, 7) is 3.14. The maximum absolute atomic E-state index is 12.2. The monoisotopic (exact) mass is 272 g/mol. The Morgan fingerprint density at radius 3 is 1.59 bits per heavy atom. The van der Waals surface area contributed by atoms with Gasteiger partial charge in [-0.25, -0.2) is 0 Å².